The van der Waals surface area contributed by atoms with Crippen LogP contribution in [0.4, 0.5) is 0 Å². The van der Waals surface area contributed by atoms with Crippen LogP contribution >= 0.6 is 0 Å². The van der Waals surface area contributed by atoms with E-state index < -0.39 is 11.9 Å². The Bertz CT molecular complexity index is 693. The van der Waals surface area contributed by atoms with Gasteiger partial charge in [0.25, 0.3) is 0 Å². The summed E-state index contributed by atoms with van der Waals surface area (Å²) in [7, 11) is 0. The predicted molar refractivity (Wildman–Crippen MR) is 136 cm³/mol. The van der Waals surface area contributed by atoms with Crippen LogP contribution in [0.25, 0.3) is 0 Å². The first-order chi connectivity index (χ1) is 18.3. The van der Waals surface area contributed by atoms with E-state index in [0.29, 0.717) is 52.1 Å². The average molecular weight is 549 g/mol. The van der Waals surface area contributed by atoms with Crippen molar-refractivity contribution in [1.82, 2.24) is 21.3 Å². The molecule has 0 aliphatic rings. The molecule has 0 fully saturated rings. The minimum atomic E-state index is -0.623. The van der Waals surface area contributed by atoms with E-state index in [-0.39, 0.29) is 76.2 Å². The SMILES string of the molecule is CC(=O)NCCOCCOCC(=O)NC(CCCCNC(=O)COCCOCCNC(=O)CCO)C(C)=O. The predicted octanol–water partition coefficient (Wildman–Crippen LogP) is -1.95. The molecule has 0 aliphatic carbocycles. The summed E-state index contributed by atoms with van der Waals surface area (Å²) in [5.74, 6) is -1.21. The van der Waals surface area contributed by atoms with Gasteiger partial charge in [-0.2, -0.15) is 0 Å². The van der Waals surface area contributed by atoms with Crippen molar-refractivity contribution in [2.75, 3.05) is 79.1 Å². The maximum Gasteiger partial charge on any atom is 0.246 e. The molecule has 0 rings (SSSR count). The van der Waals surface area contributed by atoms with E-state index in [1.54, 1.807) is 0 Å². The van der Waals surface area contributed by atoms with Crippen molar-refractivity contribution >= 4 is 29.4 Å². The summed E-state index contributed by atoms with van der Waals surface area (Å²) in [6.45, 7) is 5.13. The van der Waals surface area contributed by atoms with Crippen LogP contribution in [0.5, 0.6) is 0 Å². The van der Waals surface area contributed by atoms with E-state index in [1.807, 2.05) is 0 Å². The molecule has 220 valence electrons. The second-order valence-electron chi connectivity index (χ2n) is 8.21. The minimum absolute atomic E-state index is 0.0588. The molecule has 0 heterocycles. The topological polar surface area (TPSA) is 191 Å². The number of carbonyl (C=O) groups excluding carboxylic acids is 5. The van der Waals surface area contributed by atoms with Crippen LogP contribution in [0, 0.1) is 0 Å². The number of Topliss-reactive ketones (excluding diaryl/α,β-unsaturated/α-hetero) is 1. The molecule has 0 aromatic rings. The molecule has 1 unspecified atom stereocenters. The summed E-state index contributed by atoms with van der Waals surface area (Å²) in [5.41, 5.74) is 0. The van der Waals surface area contributed by atoms with Gasteiger partial charge in [-0.3, -0.25) is 24.0 Å². The van der Waals surface area contributed by atoms with Crippen LogP contribution in [-0.2, 0) is 42.9 Å². The molecule has 0 aliphatic heterocycles. The summed E-state index contributed by atoms with van der Waals surface area (Å²) in [6, 6.07) is -0.623. The molecule has 4 amide bonds. The lowest BCUT2D eigenvalue weighted by molar-refractivity contribution is -0.130. The standard InChI is InChI=1S/C24H44N4O10/c1-19(30)21(28-24(34)18-38-16-14-35-11-8-25-20(2)31)5-3-4-7-26-23(33)17-37-15-13-36-12-9-27-22(32)6-10-29/h21,29H,3-18H2,1-2H3,(H,25,31)(H,26,33)(H,27,32)(H,28,34). The number of amides is 4. The highest BCUT2D eigenvalue weighted by molar-refractivity contribution is 5.87. The molecule has 38 heavy (non-hydrogen) atoms. The number of rotatable bonds is 25. The van der Waals surface area contributed by atoms with Gasteiger partial charge in [0.2, 0.25) is 23.6 Å². The number of aliphatic hydroxyl groups excluding tert-OH is 1. The van der Waals surface area contributed by atoms with E-state index in [1.165, 1.54) is 13.8 Å². The van der Waals surface area contributed by atoms with E-state index in [4.69, 9.17) is 24.1 Å². The first-order valence-electron chi connectivity index (χ1n) is 12.8. The summed E-state index contributed by atoms with van der Waals surface area (Å²) in [4.78, 5) is 57.5. The van der Waals surface area contributed by atoms with Gasteiger partial charge in [0, 0.05) is 33.0 Å². The summed E-state index contributed by atoms with van der Waals surface area (Å²) in [6.07, 6.45) is 1.75. The van der Waals surface area contributed by atoms with E-state index in [0.717, 1.165) is 0 Å². The molecular weight excluding hydrogens is 504 g/mol. The average Bonchev–Trinajstić information content (AvgIpc) is 2.86. The Kier molecular flexibility index (Phi) is 23.0. The van der Waals surface area contributed by atoms with Crippen molar-refractivity contribution in [3.8, 4) is 0 Å². The van der Waals surface area contributed by atoms with E-state index >= 15 is 0 Å². The Balaban J connectivity index is 3.72. The van der Waals surface area contributed by atoms with Crippen LogP contribution in [0.2, 0.25) is 0 Å². The van der Waals surface area contributed by atoms with Crippen molar-refractivity contribution in [1.29, 1.82) is 0 Å². The highest BCUT2D eigenvalue weighted by Crippen LogP contribution is 2.02. The van der Waals surface area contributed by atoms with Gasteiger partial charge in [0.1, 0.15) is 13.2 Å². The zero-order valence-electron chi connectivity index (χ0n) is 22.5. The van der Waals surface area contributed by atoms with Crippen molar-refractivity contribution < 1.29 is 48.0 Å². The van der Waals surface area contributed by atoms with Gasteiger partial charge in [-0.25, -0.2) is 0 Å². The van der Waals surface area contributed by atoms with Gasteiger partial charge in [-0.15, -0.1) is 0 Å². The number of hydrogen-bond acceptors (Lipinski definition) is 10. The number of carbonyl (C=O) groups is 5. The lowest BCUT2D eigenvalue weighted by Gasteiger charge is -2.16. The lowest BCUT2D eigenvalue weighted by Crippen LogP contribution is -2.41. The largest absolute Gasteiger partial charge is 0.396 e. The number of ether oxygens (including phenoxy) is 4. The van der Waals surface area contributed by atoms with Gasteiger partial charge >= 0.3 is 0 Å². The van der Waals surface area contributed by atoms with Crippen LogP contribution in [0.3, 0.4) is 0 Å². The van der Waals surface area contributed by atoms with Crippen LogP contribution in [0.15, 0.2) is 0 Å². The molecule has 1 atom stereocenters. The molecule has 0 aromatic carbocycles. The fourth-order valence-electron chi connectivity index (χ4n) is 2.89. The summed E-state index contributed by atoms with van der Waals surface area (Å²) in [5, 5.41) is 19.2. The molecule has 0 radical (unpaired) electrons. The third-order valence-electron chi connectivity index (χ3n) is 4.81. The Morgan fingerprint density at radius 2 is 1.21 bits per heavy atom. The Hall–Kier alpha value is -2.65. The molecule has 14 nitrogen and oxygen atoms in total. The van der Waals surface area contributed by atoms with Gasteiger partial charge in [0.05, 0.1) is 52.3 Å². The number of unbranched alkanes of at least 4 members (excludes halogenated alkanes) is 1. The maximum absolute atomic E-state index is 12.0. The molecular formula is C24H44N4O10. The number of nitrogens with one attached hydrogen (secondary N) is 4. The Morgan fingerprint density at radius 1 is 0.658 bits per heavy atom. The fourth-order valence-corrected chi connectivity index (χ4v) is 2.89. The fraction of sp³-hybridized carbons (Fsp3) is 0.792. The normalized spacial score (nSPS) is 11.4. The monoisotopic (exact) mass is 548 g/mol. The smallest absolute Gasteiger partial charge is 0.246 e. The second-order valence-corrected chi connectivity index (χ2v) is 8.21. The lowest BCUT2D eigenvalue weighted by atomic mass is 10.1. The third kappa shape index (κ3) is 23.7. The second kappa shape index (κ2) is 24.7. The zero-order chi connectivity index (χ0) is 28.4. The number of aliphatic hydroxyl groups is 1. The first-order valence-corrected chi connectivity index (χ1v) is 12.8. The molecule has 0 bridgehead atoms. The third-order valence-corrected chi connectivity index (χ3v) is 4.81. The molecule has 0 aromatic heterocycles. The zero-order valence-corrected chi connectivity index (χ0v) is 22.5. The van der Waals surface area contributed by atoms with Gasteiger partial charge < -0.3 is 45.3 Å². The highest BCUT2D eigenvalue weighted by atomic mass is 16.5. The molecule has 14 heteroatoms. The Labute approximate surface area is 223 Å². The first kappa shape index (κ1) is 35.4. The van der Waals surface area contributed by atoms with Gasteiger partial charge in [0.15, 0.2) is 5.78 Å². The van der Waals surface area contributed by atoms with E-state index in [9.17, 15) is 24.0 Å². The maximum atomic E-state index is 12.0. The van der Waals surface area contributed by atoms with Gasteiger partial charge in [-0.1, -0.05) is 0 Å². The molecule has 0 saturated heterocycles. The number of hydrogen-bond donors (Lipinski definition) is 5. The van der Waals surface area contributed by atoms with Crippen molar-refractivity contribution in [2.24, 2.45) is 0 Å². The van der Waals surface area contributed by atoms with Crippen molar-refractivity contribution in [3.05, 3.63) is 0 Å². The van der Waals surface area contributed by atoms with E-state index in [2.05, 4.69) is 21.3 Å². The summed E-state index contributed by atoms with van der Waals surface area (Å²) < 4.78 is 21.0. The molecule has 0 spiro atoms. The minimum Gasteiger partial charge on any atom is -0.396 e. The van der Waals surface area contributed by atoms with Crippen molar-refractivity contribution in [2.45, 2.75) is 45.6 Å². The quantitative estimate of drug-likeness (QED) is 0.0801. The Morgan fingerprint density at radius 3 is 1.79 bits per heavy atom. The van der Waals surface area contributed by atoms with Crippen LogP contribution < -0.4 is 21.3 Å². The molecule has 0 saturated carbocycles. The van der Waals surface area contributed by atoms with Crippen LogP contribution in [0.1, 0.15) is 39.5 Å². The van der Waals surface area contributed by atoms with Gasteiger partial charge in [-0.05, 0) is 26.2 Å². The van der Waals surface area contributed by atoms with Crippen molar-refractivity contribution in [3.63, 3.8) is 0 Å². The highest BCUT2D eigenvalue weighted by Gasteiger charge is 2.16. The number of ketones is 1. The van der Waals surface area contributed by atoms with Crippen LogP contribution in [-0.4, -0.2) is 120 Å². The summed E-state index contributed by atoms with van der Waals surface area (Å²) >= 11 is 0. The molecule has 5 N–H and O–H groups in total.